The van der Waals surface area contributed by atoms with Crippen LogP contribution in [0.2, 0.25) is 0 Å². The van der Waals surface area contributed by atoms with Crippen LogP contribution in [0, 0.1) is 0 Å². The Labute approximate surface area is 179 Å². The molecule has 3 rings (SSSR count). The number of carbonyl (C=O) groups excluding carboxylic acids is 1. The molecule has 0 bridgehead atoms. The van der Waals surface area contributed by atoms with E-state index in [1.54, 1.807) is 6.07 Å². The van der Waals surface area contributed by atoms with Crippen molar-refractivity contribution in [3.63, 3.8) is 0 Å². The number of piperazine rings is 1. The van der Waals surface area contributed by atoms with Gasteiger partial charge in [0.15, 0.2) is 0 Å². The third-order valence-corrected chi connectivity index (χ3v) is 5.45. The summed E-state index contributed by atoms with van der Waals surface area (Å²) in [5.74, 6) is 1.13. The second kappa shape index (κ2) is 9.38. The van der Waals surface area contributed by atoms with E-state index in [1.807, 2.05) is 37.2 Å². The predicted octanol–water partition coefficient (Wildman–Crippen LogP) is 0.846. The van der Waals surface area contributed by atoms with Crippen LogP contribution in [0.3, 0.4) is 0 Å². The highest BCUT2D eigenvalue weighted by Crippen LogP contribution is 2.28. The van der Waals surface area contributed by atoms with Crippen molar-refractivity contribution < 1.29 is 4.79 Å². The number of nitrogen functional groups attached to an aromatic ring is 2. The van der Waals surface area contributed by atoms with E-state index in [9.17, 15) is 4.79 Å². The van der Waals surface area contributed by atoms with Gasteiger partial charge in [-0.1, -0.05) is 15.9 Å². The minimum atomic E-state index is -0.0791. The Balaban J connectivity index is 1.76. The fourth-order valence-corrected chi connectivity index (χ4v) is 3.77. The molecular weight excluding hydrogens is 436 g/mol. The monoisotopic (exact) mass is 462 g/mol. The van der Waals surface area contributed by atoms with Crippen LogP contribution in [0.1, 0.15) is 22.0 Å². The minimum Gasteiger partial charge on any atom is -0.383 e. The van der Waals surface area contributed by atoms with E-state index < -0.39 is 0 Å². The zero-order chi connectivity index (χ0) is 21.0. The van der Waals surface area contributed by atoms with Crippen LogP contribution in [-0.4, -0.2) is 67.6 Å². The number of amides is 1. The quantitative estimate of drug-likeness (QED) is 0.497. The van der Waals surface area contributed by atoms with Crippen molar-refractivity contribution >= 4 is 39.4 Å². The highest BCUT2D eigenvalue weighted by Gasteiger charge is 2.24. The molecule has 6 N–H and O–H groups in total. The fraction of sp³-hybridized carbons (Fsp3) is 0.421. The van der Waals surface area contributed by atoms with Gasteiger partial charge in [-0.3, -0.25) is 4.79 Å². The van der Waals surface area contributed by atoms with E-state index in [0.717, 1.165) is 29.7 Å². The molecule has 1 aromatic carbocycles. The lowest BCUT2D eigenvalue weighted by Crippen LogP contribution is -2.46. The number of halogens is 1. The van der Waals surface area contributed by atoms with Crippen molar-refractivity contribution in [1.29, 1.82) is 0 Å². The summed E-state index contributed by atoms with van der Waals surface area (Å²) in [7, 11) is 3.95. The summed E-state index contributed by atoms with van der Waals surface area (Å²) < 4.78 is 0.948. The van der Waals surface area contributed by atoms with Gasteiger partial charge < -0.3 is 31.9 Å². The summed E-state index contributed by atoms with van der Waals surface area (Å²) in [6.45, 7) is 3.60. The first-order valence-electron chi connectivity index (χ1n) is 9.44. The van der Waals surface area contributed by atoms with Crippen LogP contribution in [0.25, 0.3) is 0 Å². The van der Waals surface area contributed by atoms with E-state index in [2.05, 4.69) is 41.4 Å². The Morgan fingerprint density at radius 3 is 2.86 bits per heavy atom. The van der Waals surface area contributed by atoms with Crippen LogP contribution in [0.15, 0.2) is 28.7 Å². The minimum absolute atomic E-state index is 0.0186. The van der Waals surface area contributed by atoms with Crippen LogP contribution in [0.4, 0.5) is 17.6 Å². The summed E-state index contributed by atoms with van der Waals surface area (Å²) in [4.78, 5) is 24.9. The van der Waals surface area contributed by atoms with E-state index in [-0.39, 0.29) is 17.9 Å². The van der Waals surface area contributed by atoms with E-state index >= 15 is 0 Å². The van der Waals surface area contributed by atoms with Crippen molar-refractivity contribution in [3.05, 3.63) is 39.9 Å². The molecule has 29 heavy (non-hydrogen) atoms. The van der Waals surface area contributed by atoms with Gasteiger partial charge in [0.2, 0.25) is 5.95 Å². The van der Waals surface area contributed by atoms with Crippen LogP contribution >= 0.6 is 15.9 Å². The highest BCUT2D eigenvalue weighted by molar-refractivity contribution is 9.10. The van der Waals surface area contributed by atoms with Crippen molar-refractivity contribution in [1.82, 2.24) is 25.5 Å². The van der Waals surface area contributed by atoms with Crippen LogP contribution in [0.5, 0.6) is 0 Å². The predicted molar refractivity (Wildman–Crippen MR) is 119 cm³/mol. The summed E-state index contributed by atoms with van der Waals surface area (Å²) >= 11 is 3.62. The van der Waals surface area contributed by atoms with Gasteiger partial charge in [-0.2, -0.15) is 9.97 Å². The molecule has 1 aromatic heterocycles. The molecule has 1 aliphatic heterocycles. The highest BCUT2D eigenvalue weighted by atomic mass is 79.9. The molecule has 2 heterocycles. The zero-order valence-electron chi connectivity index (χ0n) is 16.7. The van der Waals surface area contributed by atoms with E-state index in [4.69, 9.17) is 11.5 Å². The molecule has 1 fully saturated rings. The molecule has 1 unspecified atom stereocenters. The van der Waals surface area contributed by atoms with Gasteiger partial charge in [0.25, 0.3) is 5.91 Å². The molecule has 2 aromatic rings. The number of carbonyl (C=O) groups is 1. The van der Waals surface area contributed by atoms with Gasteiger partial charge in [0.05, 0.1) is 6.04 Å². The topological polar surface area (TPSA) is 125 Å². The van der Waals surface area contributed by atoms with Crippen molar-refractivity contribution in [3.8, 4) is 0 Å². The number of rotatable bonds is 6. The van der Waals surface area contributed by atoms with Gasteiger partial charge in [-0.15, -0.1) is 0 Å². The van der Waals surface area contributed by atoms with Crippen molar-refractivity contribution in [2.24, 2.45) is 0 Å². The average Bonchev–Trinajstić information content (AvgIpc) is 2.67. The largest absolute Gasteiger partial charge is 0.383 e. The molecule has 9 nitrogen and oxygen atoms in total. The molecule has 0 spiro atoms. The Kier molecular flexibility index (Phi) is 6.88. The van der Waals surface area contributed by atoms with Crippen LogP contribution < -0.4 is 27.0 Å². The number of nitrogens with zero attached hydrogens (tertiary/aromatic N) is 4. The zero-order valence-corrected chi connectivity index (χ0v) is 18.2. The van der Waals surface area contributed by atoms with E-state index in [0.29, 0.717) is 30.3 Å². The lowest BCUT2D eigenvalue weighted by molar-refractivity contribution is 0.0951. The molecular formula is C19H27BrN8O. The summed E-state index contributed by atoms with van der Waals surface area (Å²) in [5, 5.41) is 6.47. The summed E-state index contributed by atoms with van der Waals surface area (Å²) in [5.41, 5.74) is 13.2. The lowest BCUT2D eigenvalue weighted by Gasteiger charge is -2.35. The molecule has 1 amide bonds. The molecule has 0 radical (unpaired) electrons. The maximum Gasteiger partial charge on any atom is 0.251 e. The van der Waals surface area contributed by atoms with Gasteiger partial charge >= 0.3 is 0 Å². The third-order valence-electron chi connectivity index (χ3n) is 4.73. The maximum atomic E-state index is 12.5. The number of nitrogens with one attached hydrogen (secondary N) is 2. The van der Waals surface area contributed by atoms with Crippen LogP contribution in [-0.2, 0) is 0 Å². The number of nitrogens with two attached hydrogens (primary N) is 2. The molecule has 10 heteroatoms. The number of benzene rings is 1. The average molecular weight is 463 g/mol. The Hall–Kier alpha value is -2.43. The number of aromatic nitrogens is 2. The molecule has 1 aliphatic rings. The van der Waals surface area contributed by atoms with Crippen molar-refractivity contribution in [2.45, 2.75) is 6.04 Å². The molecule has 1 atom stereocenters. The van der Waals surface area contributed by atoms with Gasteiger partial charge in [-0.05, 0) is 37.9 Å². The Morgan fingerprint density at radius 1 is 1.34 bits per heavy atom. The SMILES string of the molecule is CN(C)CCNC(=O)c1ccc(Br)c(C2CN(c3cc(N)nc(N)n3)CCN2)c1. The number of hydrogen-bond donors (Lipinski definition) is 4. The summed E-state index contributed by atoms with van der Waals surface area (Å²) in [6.07, 6.45) is 0. The fourth-order valence-electron chi connectivity index (χ4n) is 3.25. The Morgan fingerprint density at radius 2 is 2.14 bits per heavy atom. The number of anilines is 3. The van der Waals surface area contributed by atoms with Gasteiger partial charge in [0.1, 0.15) is 11.6 Å². The first-order valence-corrected chi connectivity index (χ1v) is 10.2. The first-order chi connectivity index (χ1) is 13.8. The molecule has 1 saturated heterocycles. The second-order valence-electron chi connectivity index (χ2n) is 7.26. The second-order valence-corrected chi connectivity index (χ2v) is 8.11. The normalized spacial score (nSPS) is 16.8. The lowest BCUT2D eigenvalue weighted by atomic mass is 10.0. The first kappa shape index (κ1) is 21.3. The van der Waals surface area contributed by atoms with Gasteiger partial charge in [-0.25, -0.2) is 0 Å². The van der Waals surface area contributed by atoms with Gasteiger partial charge in [0, 0.05) is 48.8 Å². The number of likely N-dealkylation sites (N-methyl/N-ethyl adjacent to an activating group) is 1. The maximum absolute atomic E-state index is 12.5. The molecule has 0 saturated carbocycles. The Bertz CT molecular complexity index is 855. The molecule has 0 aliphatic carbocycles. The van der Waals surface area contributed by atoms with E-state index in [1.165, 1.54) is 0 Å². The number of hydrogen-bond acceptors (Lipinski definition) is 8. The molecule has 156 valence electrons. The third kappa shape index (κ3) is 5.55. The standard InChI is InChI=1S/C19H27BrN8O/c1-27(2)7-5-24-18(29)12-3-4-14(20)13(9-12)15-11-28(8-6-23-15)17-10-16(21)25-19(22)26-17/h3-4,9-10,15,23H,5-8,11H2,1-2H3,(H,24,29)(H4,21,22,25,26). The smallest absolute Gasteiger partial charge is 0.251 e. The van der Waals surface area contributed by atoms with Crippen molar-refractivity contribution in [2.75, 3.05) is 63.2 Å². The summed E-state index contributed by atoms with van der Waals surface area (Å²) in [6, 6.07) is 7.41.